The number of hydrogen-bond acceptors (Lipinski definition) is 0. The van der Waals surface area contributed by atoms with Crippen LogP contribution in [0.1, 0.15) is 38.5 Å². The Morgan fingerprint density at radius 1 is 1.00 bits per heavy atom. The van der Waals surface area contributed by atoms with Gasteiger partial charge in [0.05, 0.1) is 0 Å². The van der Waals surface area contributed by atoms with Crippen LogP contribution in [0.4, 0.5) is 0 Å². The molecule has 1 rings (SSSR count). The van der Waals surface area contributed by atoms with Crippen molar-refractivity contribution < 1.29 is 0 Å². The summed E-state index contributed by atoms with van der Waals surface area (Å²) in [7, 11) is 0. The SMILES string of the molecule is [C]1CCC[CH]CCC1. The molecule has 0 unspecified atom stereocenters. The molecule has 0 nitrogen and oxygen atoms in total. The Morgan fingerprint density at radius 2 is 1.62 bits per heavy atom. The van der Waals surface area contributed by atoms with E-state index in [1.807, 2.05) is 0 Å². The zero-order valence-corrected chi connectivity index (χ0v) is 5.32. The van der Waals surface area contributed by atoms with Crippen LogP contribution in [-0.2, 0) is 0 Å². The molecule has 45 valence electrons. The van der Waals surface area contributed by atoms with Crippen LogP contribution in [0, 0.1) is 12.8 Å². The molecule has 1 saturated carbocycles. The second kappa shape index (κ2) is 3.94. The fourth-order valence-corrected chi connectivity index (χ4v) is 1.01. The lowest BCUT2D eigenvalue weighted by Gasteiger charge is -2.04. The molecule has 0 aromatic heterocycles. The quantitative estimate of drug-likeness (QED) is 0.448. The Kier molecular flexibility index (Phi) is 3.01. The standard InChI is InChI=1S/C8H13/c1-2-4-6-8-7-5-3-1/h1H,2-7H2. The summed E-state index contributed by atoms with van der Waals surface area (Å²) in [6, 6.07) is 0. The van der Waals surface area contributed by atoms with Gasteiger partial charge in [-0.1, -0.05) is 25.7 Å². The Balaban J connectivity index is 2.00. The van der Waals surface area contributed by atoms with Crippen molar-refractivity contribution in [2.45, 2.75) is 38.5 Å². The minimum Gasteiger partial charge on any atom is -0.0525 e. The van der Waals surface area contributed by atoms with Gasteiger partial charge in [0.25, 0.3) is 0 Å². The zero-order chi connectivity index (χ0) is 5.66. The van der Waals surface area contributed by atoms with Gasteiger partial charge in [-0.2, -0.15) is 0 Å². The van der Waals surface area contributed by atoms with Gasteiger partial charge in [-0.25, -0.2) is 0 Å². The van der Waals surface area contributed by atoms with Crippen molar-refractivity contribution in [2.75, 3.05) is 0 Å². The predicted octanol–water partition coefficient (Wildman–Crippen LogP) is 2.63. The van der Waals surface area contributed by atoms with Crippen molar-refractivity contribution in [3.63, 3.8) is 0 Å². The Hall–Kier alpha value is 0. The Morgan fingerprint density at radius 3 is 2.25 bits per heavy atom. The van der Waals surface area contributed by atoms with Crippen LogP contribution < -0.4 is 0 Å². The maximum absolute atomic E-state index is 3.37. The molecule has 0 heteroatoms. The smallest absolute Gasteiger partial charge is 0.0173 e. The molecule has 0 saturated heterocycles. The molecule has 0 aromatic rings. The third-order valence-electron chi connectivity index (χ3n) is 1.52. The van der Waals surface area contributed by atoms with Gasteiger partial charge < -0.3 is 0 Å². The lowest BCUT2D eigenvalue weighted by Crippen LogP contribution is -1.87. The average Bonchev–Trinajstić information content (AvgIpc) is 1.62. The summed E-state index contributed by atoms with van der Waals surface area (Å²) in [5.74, 6) is 0. The van der Waals surface area contributed by atoms with Gasteiger partial charge in [0.1, 0.15) is 0 Å². The van der Waals surface area contributed by atoms with Crippen LogP contribution in [0.5, 0.6) is 0 Å². The van der Waals surface area contributed by atoms with Gasteiger partial charge in [0, 0.05) is 0 Å². The van der Waals surface area contributed by atoms with Crippen LogP contribution >= 0.6 is 0 Å². The maximum atomic E-state index is 3.37. The van der Waals surface area contributed by atoms with E-state index in [0.717, 1.165) is 0 Å². The molecule has 0 aliphatic heterocycles. The van der Waals surface area contributed by atoms with Crippen LogP contribution in [0.3, 0.4) is 0 Å². The summed E-state index contributed by atoms with van der Waals surface area (Å²) in [5, 5.41) is 0. The molecule has 0 spiro atoms. The fourth-order valence-electron chi connectivity index (χ4n) is 1.01. The Bertz CT molecular complexity index is 24.0. The van der Waals surface area contributed by atoms with Crippen LogP contribution in [-0.4, -0.2) is 0 Å². The molecule has 1 aliphatic rings. The minimum atomic E-state index is 1.22. The average molecular weight is 109 g/mol. The largest absolute Gasteiger partial charge is 0.0525 e. The summed E-state index contributed by atoms with van der Waals surface area (Å²) >= 11 is 0. The van der Waals surface area contributed by atoms with Crippen molar-refractivity contribution in [1.29, 1.82) is 0 Å². The summed E-state index contributed by atoms with van der Waals surface area (Å²) in [4.78, 5) is 0. The fraction of sp³-hybridized carbons (Fsp3) is 0.750. The highest BCUT2D eigenvalue weighted by atomic mass is 14.0. The van der Waals surface area contributed by atoms with Crippen molar-refractivity contribution >= 4 is 0 Å². The highest BCUT2D eigenvalue weighted by Gasteiger charge is 1.96. The van der Waals surface area contributed by atoms with Crippen molar-refractivity contribution in [3.8, 4) is 0 Å². The van der Waals surface area contributed by atoms with E-state index in [0.29, 0.717) is 0 Å². The minimum absolute atomic E-state index is 1.22. The third kappa shape index (κ3) is 2.34. The van der Waals surface area contributed by atoms with Crippen LogP contribution in [0.25, 0.3) is 0 Å². The molecule has 0 heterocycles. The molecule has 0 atom stereocenters. The van der Waals surface area contributed by atoms with Gasteiger partial charge in [0.2, 0.25) is 0 Å². The van der Waals surface area contributed by atoms with Crippen LogP contribution in [0.15, 0.2) is 0 Å². The van der Waals surface area contributed by atoms with Gasteiger partial charge in [0.15, 0.2) is 0 Å². The molecule has 1 fully saturated rings. The molecular weight excluding hydrogens is 96.1 g/mol. The summed E-state index contributed by atoms with van der Waals surface area (Å²) in [6.07, 6.45) is 13.5. The summed E-state index contributed by atoms with van der Waals surface area (Å²) in [6.45, 7) is 0. The van der Waals surface area contributed by atoms with E-state index in [2.05, 4.69) is 12.8 Å². The molecule has 0 amide bonds. The third-order valence-corrected chi connectivity index (χ3v) is 1.52. The summed E-state index contributed by atoms with van der Waals surface area (Å²) < 4.78 is 0. The number of rotatable bonds is 0. The van der Waals surface area contributed by atoms with Gasteiger partial charge in [-0.05, 0) is 25.7 Å². The van der Waals surface area contributed by atoms with E-state index in [-0.39, 0.29) is 0 Å². The predicted molar refractivity (Wildman–Crippen MR) is 35.2 cm³/mol. The van der Waals surface area contributed by atoms with E-state index in [4.69, 9.17) is 0 Å². The van der Waals surface area contributed by atoms with Gasteiger partial charge >= 0.3 is 0 Å². The van der Waals surface area contributed by atoms with Gasteiger partial charge in [-0.15, -0.1) is 0 Å². The molecule has 0 aromatic carbocycles. The first-order valence-electron chi connectivity index (χ1n) is 3.52. The molecule has 8 heavy (non-hydrogen) atoms. The van der Waals surface area contributed by atoms with E-state index in [1.165, 1.54) is 38.5 Å². The summed E-state index contributed by atoms with van der Waals surface area (Å²) in [5.41, 5.74) is 0. The number of hydrogen-bond donors (Lipinski definition) is 0. The second-order valence-corrected chi connectivity index (χ2v) is 2.32. The van der Waals surface area contributed by atoms with E-state index in [9.17, 15) is 0 Å². The zero-order valence-electron chi connectivity index (χ0n) is 5.32. The Labute approximate surface area is 52.3 Å². The molecular formula is C8H13. The lowest BCUT2D eigenvalue weighted by atomic mass is 10.0. The van der Waals surface area contributed by atoms with E-state index in [1.54, 1.807) is 0 Å². The van der Waals surface area contributed by atoms with Crippen LogP contribution in [0.2, 0.25) is 0 Å². The van der Waals surface area contributed by atoms with E-state index >= 15 is 0 Å². The molecule has 1 aliphatic carbocycles. The highest BCUT2D eigenvalue weighted by Crippen LogP contribution is 2.13. The molecule has 3 radical (unpaired) electrons. The molecule has 0 N–H and O–H groups in total. The monoisotopic (exact) mass is 109 g/mol. The topological polar surface area (TPSA) is 0 Å². The first-order chi connectivity index (χ1) is 4.00. The normalized spacial score (nSPS) is 24.0. The first kappa shape index (κ1) is 6.12. The first-order valence-corrected chi connectivity index (χ1v) is 3.52. The highest BCUT2D eigenvalue weighted by molar-refractivity contribution is 4.74. The molecule has 0 bridgehead atoms. The lowest BCUT2D eigenvalue weighted by molar-refractivity contribution is 0.652. The second-order valence-electron chi connectivity index (χ2n) is 2.32. The van der Waals surface area contributed by atoms with Crippen molar-refractivity contribution in [2.24, 2.45) is 0 Å². The van der Waals surface area contributed by atoms with Crippen molar-refractivity contribution in [3.05, 3.63) is 12.8 Å². The van der Waals surface area contributed by atoms with Crippen molar-refractivity contribution in [1.82, 2.24) is 0 Å². The maximum Gasteiger partial charge on any atom is -0.0173 e. The van der Waals surface area contributed by atoms with Gasteiger partial charge in [-0.3, -0.25) is 0 Å². The van der Waals surface area contributed by atoms with E-state index < -0.39 is 0 Å².